The standard InChI is InChI=1S/C19H18ClF2NO4/c1-10-6-13(20)7-11(2)18(10)26-9-17(24)27-12(3)19(25)23-16-5-4-14(21)8-15(16)22/h4-8,12H,9H2,1-3H3,(H,23,25)/t12-/m0/s1. The van der Waals surface area contributed by atoms with Crippen molar-refractivity contribution in [2.24, 2.45) is 0 Å². The molecule has 144 valence electrons. The minimum atomic E-state index is -1.20. The fourth-order valence-corrected chi connectivity index (χ4v) is 2.69. The second-order valence-corrected chi connectivity index (χ2v) is 6.34. The molecule has 0 aliphatic rings. The second kappa shape index (κ2) is 8.81. The van der Waals surface area contributed by atoms with Gasteiger partial charge in [0.1, 0.15) is 17.4 Å². The summed E-state index contributed by atoms with van der Waals surface area (Å²) in [5, 5.41) is 2.78. The summed E-state index contributed by atoms with van der Waals surface area (Å²) in [7, 11) is 0. The van der Waals surface area contributed by atoms with Gasteiger partial charge in [0.2, 0.25) is 0 Å². The third-order valence-electron chi connectivity index (χ3n) is 3.63. The van der Waals surface area contributed by atoms with Crippen LogP contribution in [0.25, 0.3) is 0 Å². The zero-order chi connectivity index (χ0) is 20.1. The summed E-state index contributed by atoms with van der Waals surface area (Å²) >= 11 is 5.94. The van der Waals surface area contributed by atoms with Crippen LogP contribution in [0.5, 0.6) is 5.75 Å². The van der Waals surface area contributed by atoms with Crippen LogP contribution in [0.15, 0.2) is 30.3 Å². The van der Waals surface area contributed by atoms with Gasteiger partial charge in [-0.2, -0.15) is 0 Å². The molecule has 0 unspecified atom stereocenters. The zero-order valence-electron chi connectivity index (χ0n) is 14.9. The van der Waals surface area contributed by atoms with Gasteiger partial charge in [-0.05, 0) is 56.2 Å². The van der Waals surface area contributed by atoms with Crippen LogP contribution < -0.4 is 10.1 Å². The Morgan fingerprint density at radius 2 is 1.78 bits per heavy atom. The van der Waals surface area contributed by atoms with E-state index < -0.39 is 36.2 Å². The van der Waals surface area contributed by atoms with Crippen molar-refractivity contribution in [1.29, 1.82) is 0 Å². The molecule has 0 bridgehead atoms. The van der Waals surface area contributed by atoms with E-state index in [0.717, 1.165) is 23.3 Å². The molecule has 1 N–H and O–H groups in total. The lowest BCUT2D eigenvalue weighted by Gasteiger charge is -2.15. The van der Waals surface area contributed by atoms with Crippen molar-refractivity contribution in [3.05, 3.63) is 58.1 Å². The molecule has 0 spiro atoms. The van der Waals surface area contributed by atoms with Gasteiger partial charge in [-0.15, -0.1) is 0 Å². The molecule has 27 heavy (non-hydrogen) atoms. The van der Waals surface area contributed by atoms with Crippen molar-refractivity contribution in [2.45, 2.75) is 26.9 Å². The van der Waals surface area contributed by atoms with Crippen molar-refractivity contribution in [3.63, 3.8) is 0 Å². The van der Waals surface area contributed by atoms with Gasteiger partial charge in [-0.3, -0.25) is 4.79 Å². The van der Waals surface area contributed by atoms with Gasteiger partial charge in [0.05, 0.1) is 5.69 Å². The van der Waals surface area contributed by atoms with Crippen LogP contribution in [0.2, 0.25) is 5.02 Å². The fourth-order valence-electron chi connectivity index (χ4n) is 2.37. The van der Waals surface area contributed by atoms with Crippen LogP contribution in [-0.2, 0) is 14.3 Å². The molecule has 0 heterocycles. The van der Waals surface area contributed by atoms with Crippen molar-refractivity contribution in [3.8, 4) is 5.75 Å². The summed E-state index contributed by atoms with van der Waals surface area (Å²) < 4.78 is 36.9. The first-order valence-electron chi connectivity index (χ1n) is 8.02. The Kier molecular flexibility index (Phi) is 6.74. The van der Waals surface area contributed by atoms with Gasteiger partial charge >= 0.3 is 5.97 Å². The van der Waals surface area contributed by atoms with Crippen LogP contribution in [0.4, 0.5) is 14.5 Å². The minimum absolute atomic E-state index is 0.215. The number of hydrogen-bond acceptors (Lipinski definition) is 4. The molecule has 1 amide bonds. The molecule has 5 nitrogen and oxygen atoms in total. The number of nitrogens with one attached hydrogen (secondary N) is 1. The molecule has 0 aliphatic carbocycles. The first kappa shape index (κ1) is 20.6. The molecule has 0 saturated carbocycles. The molecule has 8 heteroatoms. The highest BCUT2D eigenvalue weighted by Crippen LogP contribution is 2.27. The number of carbonyl (C=O) groups excluding carboxylic acids is 2. The van der Waals surface area contributed by atoms with Crippen molar-refractivity contribution in [2.75, 3.05) is 11.9 Å². The van der Waals surface area contributed by atoms with Gasteiger partial charge in [0.15, 0.2) is 12.7 Å². The average molecular weight is 398 g/mol. The lowest BCUT2D eigenvalue weighted by atomic mass is 10.1. The monoisotopic (exact) mass is 397 g/mol. The average Bonchev–Trinajstić information content (AvgIpc) is 2.56. The Balaban J connectivity index is 1.90. The Bertz CT molecular complexity index is 850. The number of aryl methyl sites for hydroxylation is 2. The Labute approximate surface area is 160 Å². The highest BCUT2D eigenvalue weighted by Gasteiger charge is 2.20. The maximum Gasteiger partial charge on any atom is 0.344 e. The van der Waals surface area contributed by atoms with E-state index >= 15 is 0 Å². The van der Waals surface area contributed by atoms with Crippen molar-refractivity contribution >= 4 is 29.2 Å². The van der Waals surface area contributed by atoms with E-state index in [-0.39, 0.29) is 5.69 Å². The minimum Gasteiger partial charge on any atom is -0.481 e. The van der Waals surface area contributed by atoms with E-state index in [4.69, 9.17) is 21.1 Å². The molecule has 2 rings (SSSR count). The quantitative estimate of drug-likeness (QED) is 0.742. The molecule has 0 aliphatic heterocycles. The van der Waals surface area contributed by atoms with E-state index in [1.165, 1.54) is 6.92 Å². The summed E-state index contributed by atoms with van der Waals surface area (Å²) in [6, 6.07) is 6.11. The van der Waals surface area contributed by atoms with Crippen molar-refractivity contribution < 1.29 is 27.8 Å². The molecule has 0 radical (unpaired) electrons. The molecular weight excluding hydrogens is 380 g/mol. The largest absolute Gasteiger partial charge is 0.481 e. The normalized spacial score (nSPS) is 11.6. The maximum absolute atomic E-state index is 13.6. The van der Waals surface area contributed by atoms with Gasteiger partial charge < -0.3 is 14.8 Å². The SMILES string of the molecule is Cc1cc(Cl)cc(C)c1OCC(=O)O[C@@H](C)C(=O)Nc1ccc(F)cc1F. The summed E-state index contributed by atoms with van der Waals surface area (Å²) in [5.74, 6) is -2.73. The fraction of sp³-hybridized carbons (Fsp3) is 0.263. The van der Waals surface area contributed by atoms with E-state index in [9.17, 15) is 18.4 Å². The van der Waals surface area contributed by atoms with Gasteiger partial charge in [-0.25, -0.2) is 13.6 Å². The first-order chi connectivity index (χ1) is 12.7. The Morgan fingerprint density at radius 3 is 2.37 bits per heavy atom. The summed E-state index contributed by atoms with van der Waals surface area (Å²) in [6.07, 6.45) is -1.20. The number of amides is 1. The Hall–Kier alpha value is -2.67. The molecule has 0 aromatic heterocycles. The molecule has 0 saturated heterocycles. The topological polar surface area (TPSA) is 64.6 Å². The predicted octanol–water partition coefficient (Wildman–Crippen LogP) is 4.18. The molecular formula is C19H18ClF2NO4. The number of ether oxygens (including phenoxy) is 2. The van der Waals surface area contributed by atoms with Crippen LogP contribution in [0.3, 0.4) is 0 Å². The van der Waals surface area contributed by atoms with Crippen LogP contribution in [0, 0.1) is 25.5 Å². The third kappa shape index (κ3) is 5.65. The van der Waals surface area contributed by atoms with Gasteiger partial charge in [-0.1, -0.05) is 11.6 Å². The maximum atomic E-state index is 13.6. The first-order valence-corrected chi connectivity index (χ1v) is 8.40. The van der Waals surface area contributed by atoms with Crippen LogP contribution in [-0.4, -0.2) is 24.6 Å². The van der Waals surface area contributed by atoms with E-state index in [2.05, 4.69) is 5.32 Å². The number of hydrogen-bond donors (Lipinski definition) is 1. The highest BCUT2D eigenvalue weighted by molar-refractivity contribution is 6.30. The number of halogens is 3. The zero-order valence-corrected chi connectivity index (χ0v) is 15.7. The molecule has 2 aromatic rings. The Morgan fingerprint density at radius 1 is 1.15 bits per heavy atom. The third-order valence-corrected chi connectivity index (χ3v) is 3.84. The lowest BCUT2D eigenvalue weighted by molar-refractivity contribution is -0.155. The van der Waals surface area contributed by atoms with E-state index in [0.29, 0.717) is 16.8 Å². The lowest BCUT2D eigenvalue weighted by Crippen LogP contribution is -2.32. The second-order valence-electron chi connectivity index (χ2n) is 5.90. The molecule has 1 atom stereocenters. The molecule has 0 fully saturated rings. The van der Waals surface area contributed by atoms with Crippen LogP contribution >= 0.6 is 11.6 Å². The van der Waals surface area contributed by atoms with Gasteiger partial charge in [0, 0.05) is 11.1 Å². The van der Waals surface area contributed by atoms with Crippen molar-refractivity contribution in [1.82, 2.24) is 0 Å². The highest BCUT2D eigenvalue weighted by atomic mass is 35.5. The number of rotatable bonds is 6. The predicted molar refractivity (Wildman–Crippen MR) is 97.0 cm³/mol. The summed E-state index contributed by atoms with van der Waals surface area (Å²) in [5.41, 5.74) is 1.30. The number of anilines is 1. The number of esters is 1. The summed E-state index contributed by atoms with van der Waals surface area (Å²) in [6.45, 7) is 4.49. The van der Waals surface area contributed by atoms with E-state index in [1.807, 2.05) is 0 Å². The van der Waals surface area contributed by atoms with Crippen LogP contribution in [0.1, 0.15) is 18.1 Å². The van der Waals surface area contributed by atoms with E-state index in [1.54, 1.807) is 26.0 Å². The number of carbonyl (C=O) groups is 2. The summed E-state index contributed by atoms with van der Waals surface area (Å²) in [4.78, 5) is 23.9. The van der Waals surface area contributed by atoms with Gasteiger partial charge in [0.25, 0.3) is 5.91 Å². The smallest absolute Gasteiger partial charge is 0.344 e. The molecule has 2 aromatic carbocycles. The number of benzene rings is 2.